The van der Waals surface area contributed by atoms with Gasteiger partial charge < -0.3 is 10.7 Å². The fourth-order valence-corrected chi connectivity index (χ4v) is 3.64. The largest absolute Gasteiger partial charge is 0.325 e. The van der Waals surface area contributed by atoms with Crippen molar-refractivity contribution in [2.75, 3.05) is 0 Å². The summed E-state index contributed by atoms with van der Waals surface area (Å²) < 4.78 is 0. The summed E-state index contributed by atoms with van der Waals surface area (Å²) in [5.41, 5.74) is 4.12. The molecule has 122 valence electrons. The standard InChI is InChI=1S/C19H23ClN2O/c1-11-6-9-14(12(2)21)17(10-11)22-19(23)18-15(13-7-8-13)4-3-5-16(18)20/h3-5,11,13,21H,6-10H2,1-2H3,(H,22,23). The molecule has 1 atom stereocenters. The fraction of sp³-hybridized carbons (Fsp3) is 0.474. The highest BCUT2D eigenvalue weighted by atomic mass is 35.5. The number of nitrogens with one attached hydrogen (secondary N) is 2. The fourth-order valence-electron chi connectivity index (χ4n) is 3.37. The topological polar surface area (TPSA) is 53.0 Å². The molecule has 3 nitrogen and oxygen atoms in total. The van der Waals surface area contributed by atoms with E-state index in [1.54, 1.807) is 13.0 Å². The minimum Gasteiger partial charge on any atom is -0.325 e. The van der Waals surface area contributed by atoms with Gasteiger partial charge in [-0.2, -0.15) is 0 Å². The molecule has 1 fully saturated rings. The van der Waals surface area contributed by atoms with E-state index in [4.69, 9.17) is 17.0 Å². The van der Waals surface area contributed by atoms with Crippen molar-refractivity contribution in [2.24, 2.45) is 5.92 Å². The molecule has 2 aliphatic carbocycles. The first kappa shape index (κ1) is 16.3. The highest BCUT2D eigenvalue weighted by molar-refractivity contribution is 6.34. The molecule has 0 saturated heterocycles. The Morgan fingerprint density at radius 1 is 1.30 bits per heavy atom. The molecule has 0 heterocycles. The first-order chi connectivity index (χ1) is 11.0. The van der Waals surface area contributed by atoms with E-state index in [9.17, 15) is 4.79 Å². The van der Waals surface area contributed by atoms with Crippen LogP contribution in [-0.2, 0) is 0 Å². The van der Waals surface area contributed by atoms with Crippen LogP contribution in [0.1, 0.15) is 67.8 Å². The maximum absolute atomic E-state index is 12.9. The molecule has 3 rings (SSSR count). The molecule has 1 unspecified atom stereocenters. The van der Waals surface area contributed by atoms with Crippen LogP contribution in [0.4, 0.5) is 0 Å². The van der Waals surface area contributed by atoms with E-state index >= 15 is 0 Å². The summed E-state index contributed by atoms with van der Waals surface area (Å²) in [6, 6.07) is 5.71. The monoisotopic (exact) mass is 330 g/mol. The molecule has 2 aliphatic rings. The van der Waals surface area contributed by atoms with E-state index in [1.807, 2.05) is 12.1 Å². The van der Waals surface area contributed by atoms with Crippen LogP contribution in [0.5, 0.6) is 0 Å². The lowest BCUT2D eigenvalue weighted by Gasteiger charge is -2.25. The molecule has 0 radical (unpaired) electrons. The van der Waals surface area contributed by atoms with Gasteiger partial charge in [0.15, 0.2) is 0 Å². The van der Waals surface area contributed by atoms with E-state index in [2.05, 4.69) is 12.2 Å². The molecule has 0 spiro atoms. The number of carbonyl (C=O) groups excluding carboxylic acids is 1. The Kier molecular flexibility index (Phi) is 4.58. The molecular weight excluding hydrogens is 308 g/mol. The van der Waals surface area contributed by atoms with Crippen molar-refractivity contribution >= 4 is 23.2 Å². The summed E-state index contributed by atoms with van der Waals surface area (Å²) >= 11 is 6.32. The van der Waals surface area contributed by atoms with E-state index in [0.29, 0.717) is 28.1 Å². The van der Waals surface area contributed by atoms with Crippen molar-refractivity contribution in [3.05, 3.63) is 45.6 Å². The Morgan fingerprint density at radius 2 is 2.04 bits per heavy atom. The first-order valence-corrected chi connectivity index (χ1v) is 8.72. The van der Waals surface area contributed by atoms with Crippen molar-refractivity contribution in [3.8, 4) is 0 Å². The Bertz CT molecular complexity index is 689. The second kappa shape index (κ2) is 6.48. The summed E-state index contributed by atoms with van der Waals surface area (Å²) in [4.78, 5) is 12.9. The van der Waals surface area contributed by atoms with E-state index < -0.39 is 0 Å². The van der Waals surface area contributed by atoms with Crippen LogP contribution in [0, 0.1) is 11.3 Å². The smallest absolute Gasteiger partial charge is 0.257 e. The maximum Gasteiger partial charge on any atom is 0.257 e. The summed E-state index contributed by atoms with van der Waals surface area (Å²) in [6.07, 6.45) is 5.02. The van der Waals surface area contributed by atoms with Gasteiger partial charge in [0.25, 0.3) is 5.91 Å². The van der Waals surface area contributed by atoms with Gasteiger partial charge in [0.05, 0.1) is 10.6 Å². The zero-order chi connectivity index (χ0) is 16.6. The predicted molar refractivity (Wildman–Crippen MR) is 94.3 cm³/mol. The summed E-state index contributed by atoms with van der Waals surface area (Å²) in [6.45, 7) is 3.98. The number of hydrogen-bond donors (Lipinski definition) is 2. The second-order valence-corrected chi connectivity index (χ2v) is 7.27. The van der Waals surface area contributed by atoms with Crippen LogP contribution in [0.2, 0.25) is 5.02 Å². The van der Waals surface area contributed by atoms with Crippen LogP contribution < -0.4 is 5.32 Å². The van der Waals surface area contributed by atoms with Crippen molar-refractivity contribution < 1.29 is 4.79 Å². The lowest BCUT2D eigenvalue weighted by molar-refractivity contribution is 0.0962. The van der Waals surface area contributed by atoms with Gasteiger partial charge in [0.2, 0.25) is 0 Å². The maximum atomic E-state index is 12.9. The van der Waals surface area contributed by atoms with Gasteiger partial charge >= 0.3 is 0 Å². The molecule has 0 bridgehead atoms. The number of benzene rings is 1. The van der Waals surface area contributed by atoms with Gasteiger partial charge in [-0.15, -0.1) is 0 Å². The van der Waals surface area contributed by atoms with Gasteiger partial charge in [-0.1, -0.05) is 30.7 Å². The molecule has 2 N–H and O–H groups in total. The third kappa shape index (κ3) is 3.50. The molecule has 23 heavy (non-hydrogen) atoms. The molecule has 0 aromatic heterocycles. The number of rotatable bonds is 4. The third-order valence-electron chi connectivity index (χ3n) is 4.81. The van der Waals surface area contributed by atoms with E-state index in [1.165, 1.54) is 0 Å². The number of halogens is 1. The van der Waals surface area contributed by atoms with Crippen LogP contribution >= 0.6 is 11.6 Å². The third-order valence-corrected chi connectivity index (χ3v) is 5.13. The molecule has 1 saturated carbocycles. The van der Waals surface area contributed by atoms with E-state index in [-0.39, 0.29) is 5.91 Å². The molecule has 4 heteroatoms. The SMILES string of the molecule is CC(=N)C1=C(NC(=O)c2c(Cl)cccc2C2CC2)CC(C)CC1. The average Bonchev–Trinajstić information content (AvgIpc) is 3.31. The Labute approximate surface area is 142 Å². The molecule has 0 aliphatic heterocycles. The van der Waals surface area contributed by atoms with Crippen LogP contribution in [-0.4, -0.2) is 11.6 Å². The zero-order valence-electron chi connectivity index (χ0n) is 13.7. The van der Waals surface area contributed by atoms with Gasteiger partial charge in [-0.25, -0.2) is 0 Å². The Morgan fingerprint density at radius 3 is 2.70 bits per heavy atom. The van der Waals surface area contributed by atoms with Crippen molar-refractivity contribution in [1.29, 1.82) is 5.41 Å². The lowest BCUT2D eigenvalue weighted by Crippen LogP contribution is -2.29. The predicted octanol–water partition coefficient (Wildman–Crippen LogP) is 5.06. The van der Waals surface area contributed by atoms with Crippen molar-refractivity contribution in [1.82, 2.24) is 5.32 Å². The van der Waals surface area contributed by atoms with Crippen LogP contribution in [0.25, 0.3) is 0 Å². The summed E-state index contributed by atoms with van der Waals surface area (Å²) in [5, 5.41) is 11.6. The highest BCUT2D eigenvalue weighted by Gasteiger charge is 2.30. The summed E-state index contributed by atoms with van der Waals surface area (Å²) in [5.74, 6) is 0.876. The molecular formula is C19H23ClN2O. The Balaban J connectivity index is 1.91. The number of amides is 1. The number of carbonyl (C=O) groups is 1. The van der Waals surface area contributed by atoms with Gasteiger partial charge in [0.1, 0.15) is 0 Å². The minimum absolute atomic E-state index is 0.125. The Hall–Kier alpha value is -1.61. The lowest BCUT2D eigenvalue weighted by atomic mass is 9.86. The normalized spacial score (nSPS) is 21.3. The second-order valence-electron chi connectivity index (χ2n) is 6.86. The quantitative estimate of drug-likeness (QED) is 0.745. The molecule has 1 aromatic rings. The molecule has 1 amide bonds. The van der Waals surface area contributed by atoms with E-state index in [0.717, 1.165) is 48.9 Å². The average molecular weight is 331 g/mol. The number of hydrogen-bond acceptors (Lipinski definition) is 2. The van der Waals surface area contributed by atoms with Crippen LogP contribution in [0.15, 0.2) is 29.5 Å². The van der Waals surface area contributed by atoms with Gasteiger partial charge in [-0.05, 0) is 68.1 Å². The highest BCUT2D eigenvalue weighted by Crippen LogP contribution is 2.43. The zero-order valence-corrected chi connectivity index (χ0v) is 14.5. The number of allylic oxidation sites excluding steroid dienone is 2. The van der Waals surface area contributed by atoms with Crippen molar-refractivity contribution in [3.63, 3.8) is 0 Å². The van der Waals surface area contributed by atoms with Crippen molar-refractivity contribution in [2.45, 2.75) is 51.9 Å². The summed E-state index contributed by atoms with van der Waals surface area (Å²) in [7, 11) is 0. The first-order valence-electron chi connectivity index (χ1n) is 8.34. The van der Waals surface area contributed by atoms with Crippen LogP contribution in [0.3, 0.4) is 0 Å². The van der Waals surface area contributed by atoms with Gasteiger partial charge in [0, 0.05) is 11.4 Å². The van der Waals surface area contributed by atoms with Gasteiger partial charge in [-0.3, -0.25) is 4.79 Å². The minimum atomic E-state index is -0.125. The molecule has 1 aromatic carbocycles.